The van der Waals surface area contributed by atoms with Gasteiger partial charge in [0.1, 0.15) is 0 Å². The molecule has 3 N–H and O–H groups in total. The summed E-state index contributed by atoms with van der Waals surface area (Å²) in [5.74, 6) is 0. The summed E-state index contributed by atoms with van der Waals surface area (Å²) in [4.78, 5) is 0. The maximum atomic E-state index is 10.6. The molecule has 0 spiro atoms. The quantitative estimate of drug-likeness (QED) is 0.396. The fourth-order valence-corrected chi connectivity index (χ4v) is 4.95. The number of allylic oxidation sites excluding steroid dienone is 1. The zero-order valence-electron chi connectivity index (χ0n) is 17.9. The molecule has 0 heterocycles. The van der Waals surface area contributed by atoms with Crippen LogP contribution in [-0.4, -0.2) is 12.6 Å². The van der Waals surface area contributed by atoms with Gasteiger partial charge in [-0.15, -0.1) is 13.2 Å². The first-order chi connectivity index (χ1) is 12.8. The highest BCUT2D eigenvalue weighted by Gasteiger charge is 2.54. The van der Waals surface area contributed by atoms with Crippen LogP contribution in [0.4, 0.5) is 5.69 Å². The molecule has 148 valence electrons. The number of aryl methyl sites for hydroxylation is 1. The lowest BCUT2D eigenvalue weighted by molar-refractivity contribution is 0.109. The Hall–Kier alpha value is -2.05. The van der Waals surface area contributed by atoms with Gasteiger partial charge in [-0.05, 0) is 69.2 Å². The molecule has 0 bridgehead atoms. The number of nitrogen functional groups attached to an aromatic ring is 1. The first-order valence-corrected chi connectivity index (χ1v) is 10.0. The molecular weight excluding hydrogens is 330 g/mol. The molecule has 0 aliphatic carbocycles. The minimum atomic E-state index is -0.586. The SMILES string of the molecule is C=CCCC(C#N)(C(C)NCC=C)C(CC)(CC)c1c(C)ccc(N)c1C. The van der Waals surface area contributed by atoms with Gasteiger partial charge in [0, 0.05) is 23.7 Å². The minimum absolute atomic E-state index is 0.000538. The van der Waals surface area contributed by atoms with Crippen LogP contribution in [0.15, 0.2) is 37.4 Å². The second-order valence-electron chi connectivity index (χ2n) is 7.59. The van der Waals surface area contributed by atoms with E-state index in [1.807, 2.05) is 18.2 Å². The normalized spacial score (nSPS) is 14.8. The minimum Gasteiger partial charge on any atom is -0.399 e. The Morgan fingerprint density at radius 1 is 1.22 bits per heavy atom. The van der Waals surface area contributed by atoms with Gasteiger partial charge in [-0.25, -0.2) is 0 Å². The predicted molar refractivity (Wildman–Crippen MR) is 118 cm³/mol. The van der Waals surface area contributed by atoms with Gasteiger partial charge in [0.2, 0.25) is 0 Å². The zero-order valence-corrected chi connectivity index (χ0v) is 17.9. The molecular formula is C24H37N3. The number of nitrogens with one attached hydrogen (secondary N) is 1. The number of benzene rings is 1. The Morgan fingerprint density at radius 2 is 1.85 bits per heavy atom. The number of rotatable bonds is 11. The van der Waals surface area contributed by atoms with Crippen molar-refractivity contribution in [2.45, 2.75) is 71.8 Å². The molecule has 0 aliphatic rings. The van der Waals surface area contributed by atoms with Crippen molar-refractivity contribution < 1.29 is 0 Å². The third-order valence-corrected chi connectivity index (χ3v) is 6.50. The maximum Gasteiger partial charge on any atom is 0.0823 e. The van der Waals surface area contributed by atoms with E-state index in [9.17, 15) is 5.26 Å². The molecule has 0 aliphatic heterocycles. The van der Waals surface area contributed by atoms with E-state index in [0.29, 0.717) is 6.54 Å². The van der Waals surface area contributed by atoms with Gasteiger partial charge >= 0.3 is 0 Å². The number of nitrogens with two attached hydrogens (primary N) is 1. The summed E-state index contributed by atoms with van der Waals surface area (Å²) in [6, 6.07) is 6.86. The summed E-state index contributed by atoms with van der Waals surface area (Å²) < 4.78 is 0. The summed E-state index contributed by atoms with van der Waals surface area (Å²) in [5.41, 5.74) is 9.77. The highest BCUT2D eigenvalue weighted by molar-refractivity contribution is 5.57. The molecule has 27 heavy (non-hydrogen) atoms. The van der Waals surface area contributed by atoms with Gasteiger partial charge in [-0.2, -0.15) is 5.26 Å². The van der Waals surface area contributed by atoms with E-state index in [0.717, 1.165) is 36.9 Å². The Balaban J connectivity index is 3.84. The Kier molecular flexibility index (Phi) is 8.31. The van der Waals surface area contributed by atoms with E-state index < -0.39 is 5.41 Å². The average Bonchev–Trinajstić information content (AvgIpc) is 2.68. The molecule has 2 unspecified atom stereocenters. The first-order valence-electron chi connectivity index (χ1n) is 10.0. The van der Waals surface area contributed by atoms with Crippen molar-refractivity contribution in [3.05, 3.63) is 54.1 Å². The topological polar surface area (TPSA) is 61.8 Å². The maximum absolute atomic E-state index is 10.6. The summed E-state index contributed by atoms with van der Waals surface area (Å²) in [6.07, 6.45) is 7.08. The van der Waals surface area contributed by atoms with Gasteiger partial charge in [0.15, 0.2) is 0 Å². The van der Waals surface area contributed by atoms with Crippen LogP contribution in [0.2, 0.25) is 0 Å². The van der Waals surface area contributed by atoms with Crippen molar-refractivity contribution in [1.29, 1.82) is 5.26 Å². The summed E-state index contributed by atoms with van der Waals surface area (Å²) >= 11 is 0. The van der Waals surface area contributed by atoms with Crippen LogP contribution >= 0.6 is 0 Å². The van der Waals surface area contributed by atoms with Crippen molar-refractivity contribution in [1.82, 2.24) is 5.32 Å². The zero-order chi connectivity index (χ0) is 20.7. The molecule has 3 heteroatoms. The van der Waals surface area contributed by atoms with Crippen LogP contribution in [0.25, 0.3) is 0 Å². The first kappa shape index (κ1) is 23.0. The molecule has 1 aromatic carbocycles. The lowest BCUT2D eigenvalue weighted by atomic mass is 9.52. The standard InChI is InChI=1S/C24H37N3/c1-8-12-15-24(17-25,20(7)27-16-9-2)23(10-3,11-4)22-18(5)13-14-21(26)19(22)6/h8-9,13-14,20,27H,1-2,10-12,15-16,26H2,3-7H3. The van der Waals surface area contributed by atoms with E-state index in [1.54, 1.807) is 0 Å². The molecule has 0 aromatic heterocycles. The van der Waals surface area contributed by atoms with Crippen molar-refractivity contribution in [3.8, 4) is 6.07 Å². The average molecular weight is 368 g/mol. The van der Waals surface area contributed by atoms with Crippen molar-refractivity contribution >= 4 is 5.69 Å². The highest BCUT2D eigenvalue weighted by Crippen LogP contribution is 2.54. The number of hydrogen-bond donors (Lipinski definition) is 2. The largest absolute Gasteiger partial charge is 0.399 e. The van der Waals surface area contributed by atoms with E-state index >= 15 is 0 Å². The van der Waals surface area contributed by atoms with Crippen molar-refractivity contribution in [3.63, 3.8) is 0 Å². The van der Waals surface area contributed by atoms with Crippen molar-refractivity contribution in [2.24, 2.45) is 5.41 Å². The number of nitriles is 1. The molecule has 0 saturated heterocycles. The second-order valence-corrected chi connectivity index (χ2v) is 7.59. The Labute approximate surface area is 166 Å². The number of anilines is 1. The van der Waals surface area contributed by atoms with Crippen LogP contribution in [-0.2, 0) is 5.41 Å². The van der Waals surface area contributed by atoms with Gasteiger partial charge in [0.05, 0.1) is 11.5 Å². The van der Waals surface area contributed by atoms with Crippen molar-refractivity contribution in [2.75, 3.05) is 12.3 Å². The second kappa shape index (κ2) is 9.76. The predicted octanol–water partition coefficient (Wildman–Crippen LogP) is 5.58. The van der Waals surface area contributed by atoms with E-state index in [-0.39, 0.29) is 11.5 Å². The summed E-state index contributed by atoms with van der Waals surface area (Å²) in [5, 5.41) is 14.1. The fraction of sp³-hybridized carbons (Fsp3) is 0.542. The van der Waals surface area contributed by atoms with Crippen LogP contribution in [0.3, 0.4) is 0 Å². The molecule has 1 aromatic rings. The molecule has 1 rings (SSSR count). The van der Waals surface area contributed by atoms with Crippen LogP contribution < -0.4 is 11.1 Å². The van der Waals surface area contributed by atoms with E-state index in [4.69, 9.17) is 5.73 Å². The smallest absolute Gasteiger partial charge is 0.0823 e. The fourth-order valence-electron chi connectivity index (χ4n) is 4.95. The molecule has 0 radical (unpaired) electrons. The van der Waals surface area contributed by atoms with Gasteiger partial charge in [-0.3, -0.25) is 0 Å². The van der Waals surface area contributed by atoms with E-state index in [2.05, 4.69) is 65.2 Å². The van der Waals surface area contributed by atoms with Crippen LogP contribution in [0, 0.1) is 30.6 Å². The third-order valence-electron chi connectivity index (χ3n) is 6.50. The third kappa shape index (κ3) is 3.96. The molecule has 3 nitrogen and oxygen atoms in total. The lowest BCUT2D eigenvalue weighted by Crippen LogP contribution is -2.56. The van der Waals surface area contributed by atoms with Gasteiger partial charge in [0.25, 0.3) is 0 Å². The lowest BCUT2D eigenvalue weighted by Gasteiger charge is -2.51. The summed E-state index contributed by atoms with van der Waals surface area (Å²) in [6.45, 7) is 19.2. The van der Waals surface area contributed by atoms with Gasteiger partial charge in [-0.1, -0.05) is 32.1 Å². The summed E-state index contributed by atoms with van der Waals surface area (Å²) in [7, 11) is 0. The Morgan fingerprint density at radius 3 is 2.33 bits per heavy atom. The van der Waals surface area contributed by atoms with Gasteiger partial charge < -0.3 is 11.1 Å². The number of hydrogen-bond acceptors (Lipinski definition) is 3. The molecule has 2 atom stereocenters. The van der Waals surface area contributed by atoms with Crippen LogP contribution in [0.1, 0.15) is 63.1 Å². The van der Waals surface area contributed by atoms with E-state index in [1.165, 1.54) is 11.1 Å². The highest BCUT2D eigenvalue weighted by atomic mass is 14.9. The van der Waals surface area contributed by atoms with Crippen LogP contribution in [0.5, 0.6) is 0 Å². The number of nitrogens with zero attached hydrogens (tertiary/aromatic N) is 1. The monoisotopic (exact) mass is 367 g/mol. The molecule has 0 amide bonds. The molecule has 0 saturated carbocycles. The Bertz CT molecular complexity index is 694. The molecule has 0 fully saturated rings.